The predicted molar refractivity (Wildman–Crippen MR) is 70.0 cm³/mol. The summed E-state index contributed by atoms with van der Waals surface area (Å²) in [6.07, 6.45) is 0. The van der Waals surface area contributed by atoms with Crippen LogP contribution in [0.5, 0.6) is 0 Å². The van der Waals surface area contributed by atoms with Gasteiger partial charge in [-0.1, -0.05) is 12.1 Å². The van der Waals surface area contributed by atoms with Crippen molar-refractivity contribution >= 4 is 0 Å². The first-order valence-electron chi connectivity index (χ1n) is 5.82. The average molecular weight is 244 g/mol. The van der Waals surface area contributed by atoms with Crippen molar-refractivity contribution in [2.75, 3.05) is 0 Å². The number of rotatable bonds is 2. The topological polar surface area (TPSA) is 55.1 Å². The van der Waals surface area contributed by atoms with Crippen LogP contribution in [0.15, 0.2) is 29.1 Å². The summed E-state index contributed by atoms with van der Waals surface area (Å²) in [7, 11) is 0. The van der Waals surface area contributed by atoms with E-state index in [0.29, 0.717) is 0 Å². The van der Waals surface area contributed by atoms with Crippen molar-refractivity contribution in [3.8, 4) is 5.69 Å². The fourth-order valence-corrected chi connectivity index (χ4v) is 1.90. The minimum absolute atomic E-state index is 0.168. The molecule has 0 aliphatic heterocycles. The Balaban J connectivity index is 2.71. The molecular weight excluding hydrogens is 228 g/mol. The van der Waals surface area contributed by atoms with Gasteiger partial charge in [0.05, 0.1) is 12.3 Å². The molecule has 0 saturated heterocycles. The van der Waals surface area contributed by atoms with E-state index in [-0.39, 0.29) is 17.7 Å². The van der Waals surface area contributed by atoms with E-state index in [1.54, 1.807) is 4.68 Å². The molecule has 0 unspecified atom stereocenters. The molecule has 1 aromatic carbocycles. The molecule has 4 heteroatoms. The second kappa shape index (κ2) is 4.74. The Morgan fingerprint density at radius 2 is 2.00 bits per heavy atom. The van der Waals surface area contributed by atoms with Crippen LogP contribution in [0.3, 0.4) is 0 Å². The molecule has 0 aliphatic rings. The molecule has 4 nitrogen and oxygen atoms in total. The van der Waals surface area contributed by atoms with Gasteiger partial charge in [0, 0.05) is 11.8 Å². The molecule has 0 atom stereocenters. The molecule has 0 spiro atoms. The molecular formula is C14H16N2O2. The first kappa shape index (κ1) is 12.5. The summed E-state index contributed by atoms with van der Waals surface area (Å²) >= 11 is 0. The van der Waals surface area contributed by atoms with E-state index in [2.05, 4.69) is 5.10 Å². The van der Waals surface area contributed by atoms with Crippen LogP contribution in [0.25, 0.3) is 5.69 Å². The number of aliphatic hydroxyl groups excluding tert-OH is 1. The van der Waals surface area contributed by atoms with Gasteiger partial charge >= 0.3 is 0 Å². The lowest BCUT2D eigenvalue weighted by Gasteiger charge is -2.14. The lowest BCUT2D eigenvalue weighted by atomic mass is 10.1. The van der Waals surface area contributed by atoms with E-state index < -0.39 is 0 Å². The van der Waals surface area contributed by atoms with E-state index in [1.165, 1.54) is 6.07 Å². The van der Waals surface area contributed by atoms with E-state index >= 15 is 0 Å². The summed E-state index contributed by atoms with van der Waals surface area (Å²) in [5.74, 6) is 0. The zero-order valence-electron chi connectivity index (χ0n) is 10.8. The van der Waals surface area contributed by atoms with Gasteiger partial charge in [0.2, 0.25) is 5.43 Å². The van der Waals surface area contributed by atoms with E-state index in [1.807, 2.05) is 39.0 Å². The normalized spacial score (nSPS) is 10.7. The highest BCUT2D eigenvalue weighted by atomic mass is 16.3. The summed E-state index contributed by atoms with van der Waals surface area (Å²) in [6, 6.07) is 7.44. The highest BCUT2D eigenvalue weighted by Gasteiger charge is 2.09. The van der Waals surface area contributed by atoms with E-state index in [9.17, 15) is 4.79 Å². The summed E-state index contributed by atoms with van der Waals surface area (Å²) in [6.45, 7) is 5.54. The summed E-state index contributed by atoms with van der Waals surface area (Å²) in [5, 5.41) is 13.3. The van der Waals surface area contributed by atoms with Gasteiger partial charge < -0.3 is 5.11 Å². The van der Waals surface area contributed by atoms with Crippen molar-refractivity contribution in [3.63, 3.8) is 0 Å². The van der Waals surface area contributed by atoms with Crippen LogP contribution in [0.4, 0.5) is 0 Å². The Morgan fingerprint density at radius 1 is 1.28 bits per heavy atom. The van der Waals surface area contributed by atoms with Crippen molar-refractivity contribution in [2.24, 2.45) is 0 Å². The summed E-state index contributed by atoms with van der Waals surface area (Å²) in [4.78, 5) is 11.6. The highest BCUT2D eigenvalue weighted by Crippen LogP contribution is 2.17. The summed E-state index contributed by atoms with van der Waals surface area (Å²) < 4.78 is 1.70. The molecule has 0 aliphatic carbocycles. The van der Waals surface area contributed by atoms with Crippen molar-refractivity contribution < 1.29 is 5.11 Å². The molecule has 2 aromatic rings. The number of hydrogen-bond donors (Lipinski definition) is 1. The minimum Gasteiger partial charge on any atom is -0.390 e. The average Bonchev–Trinajstić information content (AvgIpc) is 2.34. The van der Waals surface area contributed by atoms with Crippen molar-refractivity contribution in [3.05, 3.63) is 57.0 Å². The molecule has 0 saturated carbocycles. The monoisotopic (exact) mass is 244 g/mol. The van der Waals surface area contributed by atoms with Crippen LogP contribution in [-0.2, 0) is 6.61 Å². The van der Waals surface area contributed by atoms with Gasteiger partial charge in [0.15, 0.2) is 0 Å². The van der Waals surface area contributed by atoms with Crippen LogP contribution in [0.1, 0.15) is 22.5 Å². The Labute approximate surface area is 106 Å². The van der Waals surface area contributed by atoms with E-state index in [0.717, 1.165) is 22.5 Å². The fourth-order valence-electron chi connectivity index (χ4n) is 1.90. The number of aryl methyl sites for hydroxylation is 2. The zero-order valence-corrected chi connectivity index (χ0v) is 10.8. The SMILES string of the molecule is Cc1cccc(-n2nc(CO)c(=O)cc2C)c1C. The molecule has 0 radical (unpaired) electrons. The van der Waals surface area contributed by atoms with Crippen LogP contribution < -0.4 is 5.43 Å². The second-order valence-electron chi connectivity index (χ2n) is 4.39. The maximum absolute atomic E-state index is 11.6. The number of nitrogens with zero attached hydrogens (tertiary/aromatic N) is 2. The molecule has 0 fully saturated rings. The molecule has 0 amide bonds. The van der Waals surface area contributed by atoms with Crippen molar-refractivity contribution in [1.82, 2.24) is 9.78 Å². The van der Waals surface area contributed by atoms with Gasteiger partial charge in [0.1, 0.15) is 5.69 Å². The smallest absolute Gasteiger partial charge is 0.206 e. The van der Waals surface area contributed by atoms with Crippen LogP contribution >= 0.6 is 0 Å². The zero-order chi connectivity index (χ0) is 13.3. The maximum Gasteiger partial charge on any atom is 0.206 e. The van der Waals surface area contributed by atoms with Crippen molar-refractivity contribution in [1.29, 1.82) is 0 Å². The standard InChI is InChI=1S/C14H16N2O2/c1-9-5-4-6-13(11(9)3)16-10(2)7-14(18)12(8-17)15-16/h4-7,17H,8H2,1-3H3. The van der Waals surface area contributed by atoms with E-state index in [4.69, 9.17) is 5.11 Å². The number of aromatic nitrogens is 2. The predicted octanol–water partition coefficient (Wildman–Crippen LogP) is 1.65. The van der Waals surface area contributed by atoms with Gasteiger partial charge in [-0.25, -0.2) is 4.68 Å². The molecule has 18 heavy (non-hydrogen) atoms. The number of benzene rings is 1. The Kier molecular flexibility index (Phi) is 3.30. The fraction of sp³-hybridized carbons (Fsp3) is 0.286. The number of aliphatic hydroxyl groups is 1. The molecule has 1 aromatic heterocycles. The van der Waals surface area contributed by atoms with Gasteiger partial charge in [-0.15, -0.1) is 0 Å². The van der Waals surface area contributed by atoms with Crippen molar-refractivity contribution in [2.45, 2.75) is 27.4 Å². The quantitative estimate of drug-likeness (QED) is 0.874. The van der Waals surface area contributed by atoms with Crippen LogP contribution in [0.2, 0.25) is 0 Å². The Morgan fingerprint density at radius 3 is 2.67 bits per heavy atom. The minimum atomic E-state index is -0.343. The molecule has 0 bridgehead atoms. The number of hydrogen-bond acceptors (Lipinski definition) is 3. The van der Waals surface area contributed by atoms with Crippen LogP contribution in [0, 0.1) is 20.8 Å². The third-order valence-electron chi connectivity index (χ3n) is 3.13. The third-order valence-corrected chi connectivity index (χ3v) is 3.13. The first-order chi connectivity index (χ1) is 8.54. The highest BCUT2D eigenvalue weighted by molar-refractivity contribution is 5.44. The van der Waals surface area contributed by atoms with Gasteiger partial charge in [-0.2, -0.15) is 5.10 Å². The van der Waals surface area contributed by atoms with Crippen LogP contribution in [-0.4, -0.2) is 14.9 Å². The van der Waals surface area contributed by atoms with Gasteiger partial charge in [-0.05, 0) is 38.0 Å². The summed E-state index contributed by atoms with van der Waals surface area (Å²) in [5.41, 5.74) is 3.91. The first-order valence-corrected chi connectivity index (χ1v) is 5.82. The largest absolute Gasteiger partial charge is 0.390 e. The molecule has 1 heterocycles. The third kappa shape index (κ3) is 2.07. The second-order valence-corrected chi connectivity index (χ2v) is 4.39. The Bertz CT molecular complexity index is 645. The molecule has 94 valence electrons. The lowest BCUT2D eigenvalue weighted by molar-refractivity contribution is 0.273. The lowest BCUT2D eigenvalue weighted by Crippen LogP contribution is -2.19. The maximum atomic E-state index is 11.6. The Hall–Kier alpha value is -1.94. The molecule has 1 N–H and O–H groups in total. The molecule has 2 rings (SSSR count). The van der Waals surface area contributed by atoms with Gasteiger partial charge in [-0.3, -0.25) is 4.79 Å². The van der Waals surface area contributed by atoms with Gasteiger partial charge in [0.25, 0.3) is 0 Å².